The van der Waals surface area contributed by atoms with Gasteiger partial charge in [-0.05, 0) is 72.4 Å². The Morgan fingerprint density at radius 2 is 1.62 bits per heavy atom. The van der Waals surface area contributed by atoms with Gasteiger partial charge in [0.25, 0.3) is 0 Å². The molecule has 1 N–H and O–H groups in total. The molecule has 0 radical (unpaired) electrons. The molecule has 1 saturated heterocycles. The van der Waals surface area contributed by atoms with Gasteiger partial charge in [0.2, 0.25) is 0 Å². The quantitative estimate of drug-likeness (QED) is 0.437. The van der Waals surface area contributed by atoms with Crippen LogP contribution < -0.4 is 15.1 Å². The summed E-state index contributed by atoms with van der Waals surface area (Å²) in [5.41, 5.74) is 5.49. The highest BCUT2D eigenvalue weighted by Crippen LogP contribution is 2.42. The molecule has 0 amide bonds. The SMILES string of the molecule is CN(C)c1ccc(N2C(=S)N[C@H](c3ccccn3)[C@@H]2c2ccn(-c3ccccc3)c2)cc1. The van der Waals surface area contributed by atoms with Gasteiger partial charge in [-0.1, -0.05) is 24.3 Å². The zero-order valence-corrected chi connectivity index (χ0v) is 18.9. The molecule has 160 valence electrons. The van der Waals surface area contributed by atoms with Crippen molar-refractivity contribution in [3.05, 3.63) is 109 Å². The van der Waals surface area contributed by atoms with E-state index in [1.54, 1.807) is 0 Å². The van der Waals surface area contributed by atoms with Gasteiger partial charge < -0.3 is 19.7 Å². The minimum absolute atomic E-state index is 0.0208. The van der Waals surface area contributed by atoms with Crippen molar-refractivity contribution in [2.45, 2.75) is 12.1 Å². The fourth-order valence-corrected chi connectivity index (χ4v) is 4.58. The van der Waals surface area contributed by atoms with Gasteiger partial charge in [-0.3, -0.25) is 4.98 Å². The van der Waals surface area contributed by atoms with Crippen LogP contribution in [0.1, 0.15) is 23.3 Å². The Morgan fingerprint density at radius 1 is 0.875 bits per heavy atom. The van der Waals surface area contributed by atoms with Crippen molar-refractivity contribution in [2.24, 2.45) is 0 Å². The number of pyridine rings is 1. The van der Waals surface area contributed by atoms with Crippen molar-refractivity contribution >= 4 is 28.7 Å². The molecule has 2 atom stereocenters. The van der Waals surface area contributed by atoms with Crippen molar-refractivity contribution in [3.8, 4) is 5.69 Å². The molecule has 1 fully saturated rings. The summed E-state index contributed by atoms with van der Waals surface area (Å²) in [6, 6.07) is 27.0. The van der Waals surface area contributed by atoms with E-state index in [0.717, 1.165) is 22.8 Å². The monoisotopic (exact) mass is 439 g/mol. The predicted molar refractivity (Wildman–Crippen MR) is 134 cm³/mol. The van der Waals surface area contributed by atoms with E-state index in [1.165, 1.54) is 5.56 Å². The van der Waals surface area contributed by atoms with Gasteiger partial charge in [-0.2, -0.15) is 0 Å². The van der Waals surface area contributed by atoms with E-state index in [2.05, 4.69) is 97.7 Å². The van der Waals surface area contributed by atoms with Crippen LogP contribution >= 0.6 is 12.2 Å². The van der Waals surface area contributed by atoms with Crippen LogP contribution in [0.4, 0.5) is 11.4 Å². The largest absolute Gasteiger partial charge is 0.378 e. The topological polar surface area (TPSA) is 36.3 Å². The Morgan fingerprint density at radius 3 is 2.31 bits per heavy atom. The van der Waals surface area contributed by atoms with Crippen LogP contribution in [0.25, 0.3) is 5.69 Å². The van der Waals surface area contributed by atoms with Crippen molar-refractivity contribution in [2.75, 3.05) is 23.9 Å². The van der Waals surface area contributed by atoms with Gasteiger partial charge in [-0.25, -0.2) is 0 Å². The molecular weight excluding hydrogens is 414 g/mol. The maximum absolute atomic E-state index is 5.83. The Labute approximate surface area is 193 Å². The van der Waals surface area contributed by atoms with Crippen molar-refractivity contribution < 1.29 is 0 Å². The van der Waals surface area contributed by atoms with Crippen LogP contribution in [-0.4, -0.2) is 28.8 Å². The third kappa shape index (κ3) is 3.74. The Hall–Kier alpha value is -3.64. The average Bonchev–Trinajstić information content (AvgIpc) is 3.45. The Bertz CT molecular complexity index is 1200. The summed E-state index contributed by atoms with van der Waals surface area (Å²) in [5, 5.41) is 4.23. The number of thiocarbonyl (C=S) groups is 1. The van der Waals surface area contributed by atoms with Crippen LogP contribution in [0.3, 0.4) is 0 Å². The zero-order valence-electron chi connectivity index (χ0n) is 18.1. The molecule has 1 aliphatic heterocycles. The van der Waals surface area contributed by atoms with E-state index in [1.807, 2.05) is 38.5 Å². The first-order valence-corrected chi connectivity index (χ1v) is 11.0. The first kappa shape index (κ1) is 20.3. The third-order valence-corrected chi connectivity index (χ3v) is 6.17. The fourth-order valence-electron chi connectivity index (χ4n) is 4.23. The van der Waals surface area contributed by atoms with Gasteiger partial charge in [0.05, 0.1) is 17.8 Å². The van der Waals surface area contributed by atoms with Crippen molar-refractivity contribution in [1.82, 2.24) is 14.9 Å². The number of nitrogens with one attached hydrogen (secondary N) is 1. The molecule has 32 heavy (non-hydrogen) atoms. The Kier molecular flexibility index (Phi) is 5.37. The lowest BCUT2D eigenvalue weighted by atomic mass is 9.98. The number of para-hydroxylation sites is 1. The number of hydrogen-bond donors (Lipinski definition) is 1. The summed E-state index contributed by atoms with van der Waals surface area (Å²) >= 11 is 5.83. The second kappa shape index (κ2) is 8.48. The standard InChI is InChI=1S/C26H25N5S/c1-29(2)20-11-13-22(14-12-20)31-25(24(28-26(31)32)23-10-6-7-16-27-23)19-15-17-30(18-19)21-8-4-3-5-9-21/h3-18,24-25H,1-2H3,(H,28,32)/t24-,25+/m1/s1. The first-order chi connectivity index (χ1) is 15.6. The molecule has 0 unspecified atom stereocenters. The molecule has 5 nitrogen and oxygen atoms in total. The summed E-state index contributed by atoms with van der Waals surface area (Å²) in [6.07, 6.45) is 6.13. The van der Waals surface area contributed by atoms with Crippen LogP contribution in [0.15, 0.2) is 97.5 Å². The number of rotatable bonds is 5. The number of anilines is 2. The molecule has 6 heteroatoms. The zero-order chi connectivity index (χ0) is 22.1. The van der Waals surface area contributed by atoms with Crippen LogP contribution in [0, 0.1) is 0 Å². The van der Waals surface area contributed by atoms with Gasteiger partial charge in [-0.15, -0.1) is 0 Å². The molecule has 2 aromatic carbocycles. The number of nitrogens with zero attached hydrogens (tertiary/aromatic N) is 4. The van der Waals surface area contributed by atoms with E-state index < -0.39 is 0 Å². The third-order valence-electron chi connectivity index (χ3n) is 5.85. The number of benzene rings is 2. The summed E-state index contributed by atoms with van der Waals surface area (Å²) in [7, 11) is 4.09. The first-order valence-electron chi connectivity index (χ1n) is 10.6. The molecular formula is C26H25N5S. The van der Waals surface area contributed by atoms with Crippen LogP contribution in [0.5, 0.6) is 0 Å². The Balaban J connectivity index is 1.58. The van der Waals surface area contributed by atoms with E-state index in [4.69, 9.17) is 12.2 Å². The lowest BCUT2D eigenvalue weighted by molar-refractivity contribution is 0.568. The van der Waals surface area contributed by atoms with Crippen LogP contribution in [0.2, 0.25) is 0 Å². The maximum Gasteiger partial charge on any atom is 0.174 e. The molecule has 3 heterocycles. The minimum atomic E-state index is -0.0520. The summed E-state index contributed by atoms with van der Waals surface area (Å²) in [5.74, 6) is 0. The number of hydrogen-bond acceptors (Lipinski definition) is 3. The highest BCUT2D eigenvalue weighted by Gasteiger charge is 2.41. The molecule has 0 bridgehead atoms. The van der Waals surface area contributed by atoms with Gasteiger partial charge in [0, 0.05) is 49.7 Å². The average molecular weight is 440 g/mol. The molecule has 0 saturated carbocycles. The van der Waals surface area contributed by atoms with Gasteiger partial charge in [0.15, 0.2) is 5.11 Å². The highest BCUT2D eigenvalue weighted by molar-refractivity contribution is 7.80. The molecule has 2 aromatic heterocycles. The molecule has 0 spiro atoms. The molecule has 0 aliphatic carbocycles. The number of aromatic nitrogens is 2. The summed E-state index contributed by atoms with van der Waals surface area (Å²) in [6.45, 7) is 0. The van der Waals surface area contributed by atoms with Crippen molar-refractivity contribution in [3.63, 3.8) is 0 Å². The second-order valence-electron chi connectivity index (χ2n) is 8.10. The lowest BCUT2D eigenvalue weighted by Crippen LogP contribution is -2.29. The van der Waals surface area contributed by atoms with E-state index in [-0.39, 0.29) is 12.1 Å². The normalized spacial score (nSPS) is 17.9. The van der Waals surface area contributed by atoms with Gasteiger partial charge >= 0.3 is 0 Å². The molecule has 1 aliphatic rings. The fraction of sp³-hybridized carbons (Fsp3) is 0.154. The smallest absolute Gasteiger partial charge is 0.174 e. The predicted octanol–water partition coefficient (Wildman–Crippen LogP) is 5.12. The van der Waals surface area contributed by atoms with Gasteiger partial charge in [0.1, 0.15) is 0 Å². The van der Waals surface area contributed by atoms with E-state index in [0.29, 0.717) is 5.11 Å². The highest BCUT2D eigenvalue weighted by atomic mass is 32.1. The maximum atomic E-state index is 5.83. The summed E-state index contributed by atoms with van der Waals surface area (Å²) < 4.78 is 2.15. The van der Waals surface area contributed by atoms with E-state index in [9.17, 15) is 0 Å². The molecule has 5 rings (SSSR count). The second-order valence-corrected chi connectivity index (χ2v) is 8.48. The lowest BCUT2D eigenvalue weighted by Gasteiger charge is -2.27. The van der Waals surface area contributed by atoms with E-state index >= 15 is 0 Å². The van der Waals surface area contributed by atoms with Crippen molar-refractivity contribution in [1.29, 1.82) is 0 Å². The summed E-state index contributed by atoms with van der Waals surface area (Å²) in [4.78, 5) is 8.94. The minimum Gasteiger partial charge on any atom is -0.378 e. The van der Waals surface area contributed by atoms with Crippen LogP contribution in [-0.2, 0) is 0 Å². The molecule has 4 aromatic rings.